The number of aromatic nitrogens is 3. The number of aryl methyl sites for hydroxylation is 2. The van der Waals surface area contributed by atoms with Gasteiger partial charge >= 0.3 is 6.09 Å². The topological polar surface area (TPSA) is 72.7 Å². The summed E-state index contributed by atoms with van der Waals surface area (Å²) >= 11 is 0. The molecule has 3 aromatic carbocycles. The Hall–Kier alpha value is -5.11. The molecule has 2 aliphatic heterocycles. The summed E-state index contributed by atoms with van der Waals surface area (Å²) in [5, 5.41) is 4.49. The summed E-state index contributed by atoms with van der Waals surface area (Å²) in [4.78, 5) is 22.2. The highest BCUT2D eigenvalue weighted by molar-refractivity contribution is 5.82. The molecule has 8 nitrogen and oxygen atoms in total. The van der Waals surface area contributed by atoms with Gasteiger partial charge in [0.25, 0.3) is 0 Å². The third kappa shape index (κ3) is 6.52. The van der Waals surface area contributed by atoms with Crippen LogP contribution in [0.25, 0.3) is 22.3 Å². The molecule has 8 rings (SSSR count). The van der Waals surface area contributed by atoms with Crippen molar-refractivity contribution in [3.05, 3.63) is 113 Å². The number of carbonyl (C=O) groups excluding carboxylic acids is 1. The van der Waals surface area contributed by atoms with Crippen LogP contribution in [0.15, 0.2) is 85.3 Å². The predicted octanol–water partition coefficient (Wildman–Crippen LogP) is 8.94. The average molecular weight is 654 g/mol. The van der Waals surface area contributed by atoms with E-state index in [0.29, 0.717) is 31.5 Å². The highest BCUT2D eigenvalue weighted by Gasteiger charge is 2.34. The van der Waals surface area contributed by atoms with Crippen LogP contribution in [0, 0.1) is 0 Å². The molecule has 0 N–H and O–H groups in total. The van der Waals surface area contributed by atoms with Gasteiger partial charge in [-0.25, -0.2) is 9.78 Å². The van der Waals surface area contributed by atoms with Crippen molar-refractivity contribution >= 4 is 17.5 Å². The number of ether oxygens (including phenoxy) is 2. The predicted molar refractivity (Wildman–Crippen MR) is 192 cm³/mol. The first-order valence-corrected chi connectivity index (χ1v) is 17.4. The lowest BCUT2D eigenvalue weighted by Gasteiger charge is -2.34. The average Bonchev–Trinajstić information content (AvgIpc) is 3.70. The fourth-order valence-corrected chi connectivity index (χ4v) is 7.20. The summed E-state index contributed by atoms with van der Waals surface area (Å²) in [6.45, 7) is 8.12. The lowest BCUT2D eigenvalue weighted by molar-refractivity contribution is 0.0242. The number of fused-ring (bicyclic) bond motifs is 2. The fraction of sp³-hybridized carbons (Fsp3) is 0.341. The van der Waals surface area contributed by atoms with E-state index in [1.807, 2.05) is 80.1 Å². The Labute approximate surface area is 288 Å². The third-order valence-corrected chi connectivity index (χ3v) is 9.67. The molecule has 0 saturated heterocycles. The van der Waals surface area contributed by atoms with E-state index in [1.165, 1.54) is 46.3 Å². The molecule has 0 unspecified atom stereocenters. The molecule has 3 aliphatic rings. The Morgan fingerprint density at radius 2 is 1.76 bits per heavy atom. The van der Waals surface area contributed by atoms with Crippen LogP contribution in [0.5, 0.6) is 5.88 Å². The number of nitrogens with zero attached hydrogens (tertiary/aromatic N) is 5. The Kier molecular flexibility index (Phi) is 7.89. The Morgan fingerprint density at radius 1 is 0.918 bits per heavy atom. The molecule has 0 bridgehead atoms. The van der Waals surface area contributed by atoms with Crippen LogP contribution < -0.4 is 9.64 Å². The van der Waals surface area contributed by atoms with Gasteiger partial charge < -0.3 is 14.4 Å². The van der Waals surface area contributed by atoms with Gasteiger partial charge in [0.15, 0.2) is 0 Å². The Balaban J connectivity index is 1.20. The van der Waals surface area contributed by atoms with Crippen molar-refractivity contribution < 1.29 is 14.3 Å². The summed E-state index contributed by atoms with van der Waals surface area (Å²) in [7, 11) is 1.98. The summed E-state index contributed by atoms with van der Waals surface area (Å²) in [6, 6.07) is 23.6. The van der Waals surface area contributed by atoms with E-state index in [9.17, 15) is 4.79 Å². The van der Waals surface area contributed by atoms with Crippen LogP contribution >= 0.6 is 0 Å². The van der Waals surface area contributed by atoms with Crippen LogP contribution in [0.2, 0.25) is 0 Å². The van der Waals surface area contributed by atoms with Crippen molar-refractivity contribution in [2.45, 2.75) is 77.7 Å². The number of hydrogen-bond donors (Lipinski definition) is 0. The van der Waals surface area contributed by atoms with Crippen LogP contribution in [0.4, 0.5) is 16.2 Å². The summed E-state index contributed by atoms with van der Waals surface area (Å²) in [5.41, 5.74) is 12.7. The fourth-order valence-electron chi connectivity index (χ4n) is 7.20. The maximum absolute atomic E-state index is 13.4. The van der Waals surface area contributed by atoms with Crippen LogP contribution in [-0.4, -0.2) is 37.9 Å². The minimum Gasteiger partial charge on any atom is -0.473 e. The van der Waals surface area contributed by atoms with Gasteiger partial charge in [0.1, 0.15) is 12.2 Å². The minimum absolute atomic E-state index is 0.284. The molecule has 1 fully saturated rings. The van der Waals surface area contributed by atoms with E-state index in [-0.39, 0.29) is 6.09 Å². The molecular weight excluding hydrogens is 610 g/mol. The molecule has 5 aromatic rings. The van der Waals surface area contributed by atoms with Crippen molar-refractivity contribution in [1.29, 1.82) is 0 Å². The Bertz CT molecular complexity index is 2030. The summed E-state index contributed by atoms with van der Waals surface area (Å²) in [5.74, 6) is 1.16. The quantitative estimate of drug-likeness (QED) is 0.175. The zero-order valence-electron chi connectivity index (χ0n) is 28.8. The molecule has 4 heterocycles. The summed E-state index contributed by atoms with van der Waals surface area (Å²) in [6.07, 6.45) is 10.2. The van der Waals surface area contributed by atoms with Gasteiger partial charge in [-0.15, -0.1) is 0 Å². The smallest absolute Gasteiger partial charge is 0.410 e. The van der Waals surface area contributed by atoms with Crippen molar-refractivity contribution in [1.82, 2.24) is 19.7 Å². The van der Waals surface area contributed by atoms with Crippen LogP contribution in [0.1, 0.15) is 73.8 Å². The van der Waals surface area contributed by atoms with E-state index < -0.39 is 5.60 Å². The first kappa shape index (κ1) is 31.2. The molecular formula is C41H43N5O3. The molecule has 2 aromatic heterocycles. The van der Waals surface area contributed by atoms with Crippen molar-refractivity contribution in [2.24, 2.45) is 7.05 Å². The largest absolute Gasteiger partial charge is 0.473 e. The first-order chi connectivity index (χ1) is 23.7. The molecule has 0 radical (unpaired) electrons. The number of benzene rings is 3. The second kappa shape index (κ2) is 12.4. The number of anilines is 2. The molecule has 250 valence electrons. The van der Waals surface area contributed by atoms with Gasteiger partial charge in [-0.1, -0.05) is 30.3 Å². The number of hydrogen-bond acceptors (Lipinski definition) is 6. The molecule has 0 atom stereocenters. The van der Waals surface area contributed by atoms with Gasteiger partial charge in [-0.3, -0.25) is 9.58 Å². The van der Waals surface area contributed by atoms with Crippen LogP contribution in [-0.2, 0) is 37.9 Å². The molecule has 8 heteroatoms. The first-order valence-electron chi connectivity index (χ1n) is 17.4. The van der Waals surface area contributed by atoms with Crippen molar-refractivity contribution in [3.8, 4) is 28.1 Å². The van der Waals surface area contributed by atoms with E-state index in [1.54, 1.807) is 0 Å². The third-order valence-electron chi connectivity index (χ3n) is 9.67. The van der Waals surface area contributed by atoms with E-state index >= 15 is 0 Å². The van der Waals surface area contributed by atoms with Crippen molar-refractivity contribution in [3.63, 3.8) is 0 Å². The van der Waals surface area contributed by atoms with E-state index in [4.69, 9.17) is 9.47 Å². The maximum Gasteiger partial charge on any atom is 0.410 e. The second-order valence-electron chi connectivity index (χ2n) is 14.6. The molecule has 1 saturated carbocycles. The highest BCUT2D eigenvalue weighted by Crippen LogP contribution is 2.49. The van der Waals surface area contributed by atoms with Gasteiger partial charge in [0, 0.05) is 61.1 Å². The second-order valence-corrected chi connectivity index (χ2v) is 14.6. The van der Waals surface area contributed by atoms with Gasteiger partial charge in [0.2, 0.25) is 5.88 Å². The number of rotatable bonds is 7. The standard InChI is InChI=1S/C41H43N5O3/c1-41(2,3)49-40(47)45-24-32-17-31(29-14-15-42-39(20-29)48-26-27-9-6-5-7-10-27)19-38(36(32)25-45)46-16-8-11-30-18-34(33-22-43-44(4)23-33)35(21-37(30)46)28-12-13-28/h5-7,9-10,14-15,17-23,28H,8,11-13,16,24-26H2,1-4H3. The molecule has 1 aliphatic carbocycles. The van der Waals surface area contributed by atoms with Gasteiger partial charge in [0.05, 0.1) is 12.7 Å². The molecule has 49 heavy (non-hydrogen) atoms. The zero-order valence-corrected chi connectivity index (χ0v) is 28.8. The van der Waals surface area contributed by atoms with E-state index in [2.05, 4.69) is 57.6 Å². The van der Waals surface area contributed by atoms with E-state index in [0.717, 1.165) is 47.3 Å². The SMILES string of the molecule is Cn1cc(-c2cc3c(cc2C2CC2)N(c2cc(-c4ccnc(OCc5ccccc5)c4)cc4c2CN(C(=O)OC(C)(C)C)C4)CCC3)cn1. The number of pyridine rings is 1. The minimum atomic E-state index is -0.565. The maximum atomic E-state index is 13.4. The zero-order chi connectivity index (χ0) is 33.7. The number of amides is 1. The lowest BCUT2D eigenvalue weighted by atomic mass is 9.90. The number of carbonyl (C=O) groups is 1. The van der Waals surface area contributed by atoms with Gasteiger partial charge in [-0.05, 0) is 122 Å². The normalized spacial score (nSPS) is 15.6. The van der Waals surface area contributed by atoms with Crippen molar-refractivity contribution in [2.75, 3.05) is 11.4 Å². The molecule has 1 amide bonds. The highest BCUT2D eigenvalue weighted by atomic mass is 16.6. The van der Waals surface area contributed by atoms with Crippen LogP contribution in [0.3, 0.4) is 0 Å². The molecule has 0 spiro atoms. The lowest BCUT2D eigenvalue weighted by Crippen LogP contribution is -2.33. The summed E-state index contributed by atoms with van der Waals surface area (Å²) < 4.78 is 13.9. The monoisotopic (exact) mass is 653 g/mol. The van der Waals surface area contributed by atoms with Gasteiger partial charge in [-0.2, -0.15) is 5.10 Å². The Morgan fingerprint density at radius 3 is 2.51 bits per heavy atom.